The number of nitrogens with zero attached hydrogens (tertiary/aromatic N) is 3. The first kappa shape index (κ1) is 23.1. The van der Waals surface area contributed by atoms with Gasteiger partial charge < -0.3 is 19.1 Å². The lowest BCUT2D eigenvalue weighted by Gasteiger charge is -2.28. The third-order valence-corrected chi connectivity index (χ3v) is 6.49. The van der Waals surface area contributed by atoms with Gasteiger partial charge >= 0.3 is 0 Å². The first-order valence-corrected chi connectivity index (χ1v) is 12.2. The molecule has 7 heteroatoms. The van der Waals surface area contributed by atoms with Crippen molar-refractivity contribution in [2.45, 2.75) is 39.4 Å². The number of ether oxygens (including phenoxy) is 3. The topological polar surface area (TPSA) is 67.6 Å². The first-order valence-electron chi connectivity index (χ1n) is 11.4. The zero-order valence-corrected chi connectivity index (χ0v) is 19.9. The number of anilines is 1. The molecule has 1 unspecified atom stereocenters. The fraction of sp³-hybridized carbons (Fsp3) is 0.385. The molecule has 1 saturated heterocycles. The zero-order valence-electron chi connectivity index (χ0n) is 19.1. The maximum atomic E-state index is 8.99. The van der Waals surface area contributed by atoms with Crippen molar-refractivity contribution >= 4 is 16.3 Å². The second kappa shape index (κ2) is 11.2. The number of benzene rings is 2. The normalized spacial score (nSPS) is 14.5. The molecular formula is C26H29N3O3S. The lowest BCUT2D eigenvalue weighted by atomic mass is 10.1. The molecule has 0 radical (unpaired) electrons. The van der Waals surface area contributed by atoms with E-state index in [1.807, 2.05) is 24.3 Å². The van der Waals surface area contributed by atoms with E-state index < -0.39 is 6.29 Å². The van der Waals surface area contributed by atoms with Crippen molar-refractivity contribution in [3.63, 3.8) is 0 Å². The van der Waals surface area contributed by atoms with Crippen LogP contribution in [-0.4, -0.2) is 37.6 Å². The van der Waals surface area contributed by atoms with Crippen LogP contribution in [0.5, 0.6) is 11.5 Å². The van der Waals surface area contributed by atoms with Crippen LogP contribution in [0.3, 0.4) is 0 Å². The summed E-state index contributed by atoms with van der Waals surface area (Å²) in [4.78, 5) is 7.17. The largest absolute Gasteiger partial charge is 0.455 e. The van der Waals surface area contributed by atoms with Crippen LogP contribution in [0.4, 0.5) is 5.00 Å². The summed E-state index contributed by atoms with van der Waals surface area (Å²) in [6.07, 6.45) is 2.45. The van der Waals surface area contributed by atoms with Crippen molar-refractivity contribution in [3.8, 4) is 28.8 Å². The van der Waals surface area contributed by atoms with Crippen LogP contribution in [-0.2, 0) is 4.74 Å². The van der Waals surface area contributed by atoms with Crippen LogP contribution < -0.4 is 14.4 Å². The third kappa shape index (κ3) is 6.04. The van der Waals surface area contributed by atoms with Crippen molar-refractivity contribution in [2.24, 2.45) is 0 Å². The van der Waals surface area contributed by atoms with Crippen molar-refractivity contribution in [1.82, 2.24) is 4.98 Å². The van der Waals surface area contributed by atoms with E-state index in [1.165, 1.54) is 5.00 Å². The molecule has 1 aliphatic heterocycles. The van der Waals surface area contributed by atoms with E-state index in [2.05, 4.69) is 36.9 Å². The number of thiazole rings is 1. The Bertz CT molecular complexity index is 1070. The van der Waals surface area contributed by atoms with Gasteiger partial charge in [-0.3, -0.25) is 0 Å². The minimum absolute atomic E-state index is 0.394. The molecule has 1 atom stereocenters. The molecule has 0 saturated carbocycles. The Morgan fingerprint density at radius 2 is 1.70 bits per heavy atom. The van der Waals surface area contributed by atoms with E-state index in [0.717, 1.165) is 67.6 Å². The summed E-state index contributed by atoms with van der Waals surface area (Å²) in [5.74, 6) is 1.45. The molecule has 0 aliphatic carbocycles. The second-order valence-electron chi connectivity index (χ2n) is 7.95. The number of rotatable bonds is 9. The van der Waals surface area contributed by atoms with E-state index in [0.29, 0.717) is 11.3 Å². The van der Waals surface area contributed by atoms with Gasteiger partial charge in [-0.05, 0) is 61.9 Å². The molecule has 172 valence electrons. The van der Waals surface area contributed by atoms with Crippen LogP contribution in [0.15, 0.2) is 48.5 Å². The average molecular weight is 464 g/mol. The van der Waals surface area contributed by atoms with Crippen LogP contribution in [0, 0.1) is 18.3 Å². The highest BCUT2D eigenvalue weighted by molar-refractivity contribution is 7.16. The van der Waals surface area contributed by atoms with Crippen molar-refractivity contribution < 1.29 is 14.2 Å². The predicted molar refractivity (Wildman–Crippen MR) is 131 cm³/mol. The maximum Gasteiger partial charge on any atom is 0.241 e. The van der Waals surface area contributed by atoms with Gasteiger partial charge in [0.2, 0.25) is 6.29 Å². The minimum atomic E-state index is -0.394. The van der Waals surface area contributed by atoms with Crippen LogP contribution in [0.25, 0.3) is 11.3 Å². The van der Waals surface area contributed by atoms with E-state index in [9.17, 15) is 0 Å². The third-order valence-electron chi connectivity index (χ3n) is 5.45. The smallest absolute Gasteiger partial charge is 0.241 e. The standard InChI is InChI=1S/C26H29N3O3S/c1-3-4-5-24(31-22-10-6-20(18-27)7-11-22)32-23-12-8-21(9-13-23)25-26(33-19(2)28-25)29-14-16-30-17-15-29/h6-13,24H,3-5,14-17H2,1-2H3. The molecule has 4 rings (SSSR count). The predicted octanol–water partition coefficient (Wildman–Crippen LogP) is 5.80. The second-order valence-corrected chi connectivity index (χ2v) is 9.14. The zero-order chi connectivity index (χ0) is 23.0. The molecule has 1 fully saturated rings. The maximum absolute atomic E-state index is 8.99. The number of morpholine rings is 1. The first-order chi connectivity index (χ1) is 16.2. The lowest BCUT2D eigenvalue weighted by molar-refractivity contribution is -0.00211. The molecule has 33 heavy (non-hydrogen) atoms. The Balaban J connectivity index is 1.47. The van der Waals surface area contributed by atoms with Crippen molar-refractivity contribution in [2.75, 3.05) is 31.2 Å². The summed E-state index contributed by atoms with van der Waals surface area (Å²) in [5.41, 5.74) is 2.70. The number of hydrogen-bond acceptors (Lipinski definition) is 7. The van der Waals surface area contributed by atoms with E-state index in [-0.39, 0.29) is 0 Å². The van der Waals surface area contributed by atoms with Crippen LogP contribution in [0.2, 0.25) is 0 Å². The monoisotopic (exact) mass is 463 g/mol. The van der Waals surface area contributed by atoms with E-state index >= 15 is 0 Å². The molecule has 6 nitrogen and oxygen atoms in total. The van der Waals surface area contributed by atoms with Gasteiger partial charge in [0.25, 0.3) is 0 Å². The van der Waals surface area contributed by atoms with Gasteiger partial charge in [0.1, 0.15) is 22.2 Å². The SMILES string of the molecule is CCCCC(Oc1ccc(C#N)cc1)Oc1ccc(-c2nc(C)sc2N2CCOCC2)cc1. The highest BCUT2D eigenvalue weighted by Crippen LogP contribution is 2.37. The summed E-state index contributed by atoms with van der Waals surface area (Å²) in [7, 11) is 0. The summed E-state index contributed by atoms with van der Waals surface area (Å²) in [6, 6.07) is 17.3. The molecule has 0 N–H and O–H groups in total. The van der Waals surface area contributed by atoms with Crippen LogP contribution >= 0.6 is 11.3 Å². The van der Waals surface area contributed by atoms with Crippen molar-refractivity contribution in [3.05, 3.63) is 59.1 Å². The lowest BCUT2D eigenvalue weighted by Crippen LogP contribution is -2.35. The fourth-order valence-electron chi connectivity index (χ4n) is 3.70. The average Bonchev–Trinajstić information content (AvgIpc) is 3.25. The molecule has 3 aromatic rings. The van der Waals surface area contributed by atoms with Gasteiger partial charge in [0.15, 0.2) is 0 Å². The Hall–Kier alpha value is -3.08. The summed E-state index contributed by atoms with van der Waals surface area (Å²) < 4.78 is 17.8. The summed E-state index contributed by atoms with van der Waals surface area (Å²) in [6.45, 7) is 7.48. The fourth-order valence-corrected chi connectivity index (χ4v) is 4.69. The highest BCUT2D eigenvalue weighted by atomic mass is 32.1. The van der Waals surface area contributed by atoms with Gasteiger partial charge in [0, 0.05) is 25.1 Å². The summed E-state index contributed by atoms with van der Waals surface area (Å²) >= 11 is 1.73. The number of nitriles is 1. The van der Waals surface area contributed by atoms with Gasteiger partial charge in [-0.25, -0.2) is 4.98 Å². The molecular weight excluding hydrogens is 434 g/mol. The van der Waals surface area contributed by atoms with Gasteiger partial charge in [-0.2, -0.15) is 5.26 Å². The van der Waals surface area contributed by atoms with Crippen LogP contribution in [0.1, 0.15) is 36.8 Å². The summed E-state index contributed by atoms with van der Waals surface area (Å²) in [5, 5.41) is 11.3. The quantitative estimate of drug-likeness (QED) is 0.374. The van der Waals surface area contributed by atoms with Gasteiger partial charge in [-0.15, -0.1) is 11.3 Å². The van der Waals surface area contributed by atoms with Gasteiger partial charge in [-0.1, -0.05) is 13.3 Å². The Labute approximate surface area is 199 Å². The number of aromatic nitrogens is 1. The Morgan fingerprint density at radius 1 is 1.06 bits per heavy atom. The van der Waals surface area contributed by atoms with Gasteiger partial charge in [0.05, 0.1) is 29.9 Å². The minimum Gasteiger partial charge on any atom is -0.455 e. The number of hydrogen-bond donors (Lipinski definition) is 0. The Kier molecular flexibility index (Phi) is 7.82. The molecule has 0 bridgehead atoms. The number of unbranched alkanes of at least 4 members (excludes halogenated alkanes) is 1. The van der Waals surface area contributed by atoms with E-state index in [1.54, 1.807) is 23.5 Å². The molecule has 1 aromatic heterocycles. The molecule has 0 spiro atoms. The molecule has 1 aliphatic rings. The van der Waals surface area contributed by atoms with Crippen molar-refractivity contribution in [1.29, 1.82) is 5.26 Å². The highest BCUT2D eigenvalue weighted by Gasteiger charge is 2.20. The molecule has 0 amide bonds. The molecule has 2 heterocycles. The van der Waals surface area contributed by atoms with E-state index in [4.69, 9.17) is 24.5 Å². The molecule has 2 aromatic carbocycles. The number of aryl methyl sites for hydroxylation is 1. The Morgan fingerprint density at radius 3 is 2.30 bits per heavy atom.